The van der Waals surface area contributed by atoms with Crippen molar-refractivity contribution in [2.24, 2.45) is 17.8 Å². The predicted molar refractivity (Wildman–Crippen MR) is 101 cm³/mol. The van der Waals surface area contributed by atoms with Gasteiger partial charge in [-0.25, -0.2) is 14.6 Å². The maximum absolute atomic E-state index is 13.1. The summed E-state index contributed by atoms with van der Waals surface area (Å²) in [6, 6.07) is -1.49. The molecule has 9 heteroatoms. The van der Waals surface area contributed by atoms with Crippen molar-refractivity contribution in [3.05, 3.63) is 0 Å². The van der Waals surface area contributed by atoms with E-state index in [0.717, 1.165) is 43.4 Å². The largest absolute Gasteiger partial charge is 0.355 e. The van der Waals surface area contributed by atoms with Crippen molar-refractivity contribution in [1.82, 2.24) is 20.4 Å². The summed E-state index contributed by atoms with van der Waals surface area (Å²) in [4.78, 5) is 64.3. The van der Waals surface area contributed by atoms with Crippen molar-refractivity contribution in [3.63, 3.8) is 0 Å². The van der Waals surface area contributed by atoms with E-state index in [1.54, 1.807) is 6.92 Å². The maximum atomic E-state index is 13.1. The molecule has 0 aromatic rings. The topological polar surface area (TPSA) is 116 Å². The smallest absolute Gasteiger partial charge is 0.335 e. The monoisotopic (exact) mass is 404 g/mol. The van der Waals surface area contributed by atoms with Crippen molar-refractivity contribution in [2.75, 3.05) is 13.1 Å². The predicted octanol–water partition coefficient (Wildman–Crippen LogP) is 0.387. The van der Waals surface area contributed by atoms with Gasteiger partial charge in [-0.2, -0.15) is 0 Å². The van der Waals surface area contributed by atoms with Crippen molar-refractivity contribution < 1.29 is 24.0 Å². The molecule has 4 aliphatic carbocycles. The van der Waals surface area contributed by atoms with Crippen LogP contribution in [0.15, 0.2) is 0 Å². The lowest BCUT2D eigenvalue weighted by molar-refractivity contribution is -0.150. The van der Waals surface area contributed by atoms with Gasteiger partial charge >= 0.3 is 17.8 Å². The number of nitrogens with zero attached hydrogens (tertiary/aromatic N) is 2. The summed E-state index contributed by atoms with van der Waals surface area (Å²) in [5.74, 6) is -1.25. The van der Waals surface area contributed by atoms with Gasteiger partial charge in [-0.15, -0.1) is 0 Å². The van der Waals surface area contributed by atoms with Gasteiger partial charge in [0.1, 0.15) is 12.6 Å². The lowest BCUT2D eigenvalue weighted by Gasteiger charge is -2.58. The van der Waals surface area contributed by atoms with Crippen LogP contribution < -0.4 is 10.6 Å². The standard InChI is InChI=1S/C20H28N4O5/c1-3-21-16(26)11(2)22-15(25)10-23-17(27)18(28)24(19(23)29)20-7-12-4-13(8-20)6-14(5-12)9-20/h11-14H,3-10H2,1-2H3,(H,21,26)(H,22,25)/t11-,12?,13?,14?,20?/m1/s1. The lowest BCUT2D eigenvalue weighted by atomic mass is 9.52. The molecule has 29 heavy (non-hydrogen) atoms. The van der Waals surface area contributed by atoms with E-state index in [0.29, 0.717) is 24.3 Å². The fourth-order valence-corrected chi connectivity index (χ4v) is 6.23. The molecular weight excluding hydrogens is 376 g/mol. The van der Waals surface area contributed by atoms with E-state index in [1.165, 1.54) is 11.8 Å². The molecule has 0 aromatic carbocycles. The average Bonchev–Trinajstić information content (AvgIpc) is 2.84. The van der Waals surface area contributed by atoms with E-state index >= 15 is 0 Å². The molecule has 5 fully saturated rings. The van der Waals surface area contributed by atoms with Crippen LogP contribution in [0.2, 0.25) is 0 Å². The van der Waals surface area contributed by atoms with Gasteiger partial charge in [0.25, 0.3) is 0 Å². The molecule has 9 nitrogen and oxygen atoms in total. The summed E-state index contributed by atoms with van der Waals surface area (Å²) in [5, 5.41) is 5.06. The van der Waals surface area contributed by atoms with E-state index < -0.39 is 41.9 Å². The zero-order valence-corrected chi connectivity index (χ0v) is 16.9. The van der Waals surface area contributed by atoms with Crippen LogP contribution in [-0.4, -0.2) is 64.1 Å². The molecule has 0 spiro atoms. The Balaban J connectivity index is 1.46. The summed E-state index contributed by atoms with van der Waals surface area (Å²) in [6.45, 7) is 3.15. The summed E-state index contributed by atoms with van der Waals surface area (Å²) >= 11 is 0. The molecule has 1 saturated heterocycles. The summed E-state index contributed by atoms with van der Waals surface area (Å²) in [5.41, 5.74) is -0.571. The first kappa shape index (κ1) is 19.8. The van der Waals surface area contributed by atoms with Crippen LogP contribution in [0.4, 0.5) is 4.79 Å². The molecule has 1 atom stereocenters. The first-order valence-electron chi connectivity index (χ1n) is 10.5. The fourth-order valence-electron chi connectivity index (χ4n) is 6.23. The van der Waals surface area contributed by atoms with Gasteiger partial charge in [0.15, 0.2) is 0 Å². The quantitative estimate of drug-likeness (QED) is 0.491. The van der Waals surface area contributed by atoms with Gasteiger partial charge in [-0.05, 0) is 70.1 Å². The molecule has 2 N–H and O–H groups in total. The summed E-state index contributed by atoms with van der Waals surface area (Å²) in [6.07, 6.45) is 5.72. The lowest BCUT2D eigenvalue weighted by Crippen LogP contribution is -2.62. The average molecular weight is 404 g/mol. The van der Waals surface area contributed by atoms with Crippen molar-refractivity contribution >= 4 is 29.7 Å². The van der Waals surface area contributed by atoms with Crippen LogP contribution in [0.1, 0.15) is 52.4 Å². The molecule has 1 heterocycles. The SMILES string of the molecule is CCNC(=O)[C@@H](C)NC(=O)CN1C(=O)C(=O)N(C23CC4CC(CC(C4)C2)C3)C1=O. The Bertz CT molecular complexity index is 744. The third-order valence-corrected chi connectivity index (χ3v) is 6.96. The van der Waals surface area contributed by atoms with Crippen LogP contribution in [-0.2, 0) is 19.2 Å². The normalized spacial score (nSPS) is 34.0. The van der Waals surface area contributed by atoms with E-state index in [-0.39, 0.29) is 5.91 Å². The van der Waals surface area contributed by atoms with Crippen molar-refractivity contribution in [3.8, 4) is 0 Å². The number of rotatable bonds is 6. The number of imide groups is 2. The zero-order chi connectivity index (χ0) is 20.9. The van der Waals surface area contributed by atoms with Crippen LogP contribution in [0.5, 0.6) is 0 Å². The van der Waals surface area contributed by atoms with Gasteiger partial charge < -0.3 is 10.6 Å². The summed E-state index contributed by atoms with van der Waals surface area (Å²) in [7, 11) is 0. The van der Waals surface area contributed by atoms with E-state index in [1.807, 2.05) is 0 Å². The highest BCUT2D eigenvalue weighted by Gasteiger charge is 2.61. The second-order valence-corrected chi connectivity index (χ2v) is 9.14. The van der Waals surface area contributed by atoms with Crippen molar-refractivity contribution in [1.29, 1.82) is 0 Å². The van der Waals surface area contributed by atoms with Gasteiger partial charge in [0.2, 0.25) is 11.8 Å². The highest BCUT2D eigenvalue weighted by Crippen LogP contribution is 2.58. The summed E-state index contributed by atoms with van der Waals surface area (Å²) < 4.78 is 0. The Labute approximate surface area is 169 Å². The van der Waals surface area contributed by atoms with Crippen molar-refractivity contribution in [2.45, 2.75) is 64.0 Å². The minimum Gasteiger partial charge on any atom is -0.355 e. The molecule has 6 amide bonds. The molecule has 0 aromatic heterocycles. The third kappa shape index (κ3) is 3.30. The maximum Gasteiger partial charge on any atom is 0.335 e. The first-order chi connectivity index (χ1) is 13.7. The Hall–Kier alpha value is -2.45. The van der Waals surface area contributed by atoms with Crippen LogP contribution in [0.3, 0.4) is 0 Å². The molecular formula is C20H28N4O5. The van der Waals surface area contributed by atoms with E-state index in [2.05, 4.69) is 10.6 Å². The van der Waals surface area contributed by atoms with Gasteiger partial charge in [0, 0.05) is 6.54 Å². The molecule has 0 radical (unpaired) electrons. The van der Waals surface area contributed by atoms with Gasteiger partial charge in [-0.3, -0.25) is 19.2 Å². The highest BCUT2D eigenvalue weighted by molar-refractivity contribution is 6.45. The fraction of sp³-hybridized carbons (Fsp3) is 0.750. The number of amides is 6. The minimum atomic E-state index is -0.952. The van der Waals surface area contributed by atoms with Gasteiger partial charge in [-0.1, -0.05) is 0 Å². The second-order valence-electron chi connectivity index (χ2n) is 9.14. The molecule has 5 rings (SSSR count). The van der Waals surface area contributed by atoms with Gasteiger partial charge in [0.05, 0.1) is 5.54 Å². The first-order valence-corrected chi connectivity index (χ1v) is 10.5. The third-order valence-electron chi connectivity index (χ3n) is 6.96. The minimum absolute atomic E-state index is 0.355. The Morgan fingerprint density at radius 2 is 1.59 bits per heavy atom. The number of carbonyl (C=O) groups excluding carboxylic acids is 5. The molecule has 1 aliphatic heterocycles. The molecule has 158 valence electrons. The van der Waals surface area contributed by atoms with E-state index in [4.69, 9.17) is 0 Å². The molecule has 4 bridgehead atoms. The Morgan fingerprint density at radius 3 is 2.10 bits per heavy atom. The molecule has 0 unspecified atom stereocenters. The number of likely N-dealkylation sites (N-methyl/N-ethyl adjacent to an activating group) is 1. The number of hydrogen-bond acceptors (Lipinski definition) is 5. The van der Waals surface area contributed by atoms with Crippen LogP contribution in [0.25, 0.3) is 0 Å². The number of nitrogens with one attached hydrogen (secondary N) is 2. The zero-order valence-electron chi connectivity index (χ0n) is 16.9. The number of urea groups is 1. The Morgan fingerprint density at radius 1 is 1.03 bits per heavy atom. The van der Waals surface area contributed by atoms with Crippen LogP contribution in [0, 0.1) is 17.8 Å². The molecule has 4 saturated carbocycles. The Kier molecular flexibility index (Phi) is 4.86. The number of carbonyl (C=O) groups is 5. The van der Waals surface area contributed by atoms with E-state index in [9.17, 15) is 24.0 Å². The highest BCUT2D eigenvalue weighted by atomic mass is 16.2. The number of hydrogen-bond donors (Lipinski definition) is 2. The van der Waals surface area contributed by atoms with Crippen LogP contribution >= 0.6 is 0 Å². The molecule has 5 aliphatic rings. The second kappa shape index (κ2) is 7.11.